The monoisotopic (exact) mass is 258 g/mol. The van der Waals surface area contributed by atoms with E-state index >= 15 is 0 Å². The number of carbonyl (C=O) groups excluding carboxylic acids is 1. The predicted octanol–water partition coefficient (Wildman–Crippen LogP) is 3.39. The molecule has 0 saturated heterocycles. The van der Waals surface area contributed by atoms with Crippen LogP contribution < -0.4 is 0 Å². The second-order valence-electron chi connectivity index (χ2n) is 5.66. The molecule has 0 spiro atoms. The van der Waals surface area contributed by atoms with Crippen LogP contribution in [0, 0.1) is 5.92 Å². The van der Waals surface area contributed by atoms with Crippen LogP contribution in [0.3, 0.4) is 0 Å². The Labute approximate surface area is 110 Å². The largest absolute Gasteiger partial charge is 0.481 e. The Morgan fingerprint density at radius 3 is 2.17 bits per heavy atom. The molecule has 0 aromatic rings. The highest BCUT2D eigenvalue weighted by Gasteiger charge is 2.19. The lowest BCUT2D eigenvalue weighted by Gasteiger charge is -2.19. The maximum Gasteiger partial charge on any atom is 0.306 e. The van der Waals surface area contributed by atoms with Crippen molar-refractivity contribution in [1.82, 2.24) is 0 Å². The number of rotatable bonds is 8. The number of carboxylic acids is 1. The van der Waals surface area contributed by atoms with E-state index in [0.29, 0.717) is 25.7 Å². The van der Waals surface area contributed by atoms with Crippen LogP contribution in [-0.4, -0.2) is 22.6 Å². The van der Waals surface area contributed by atoms with E-state index in [1.54, 1.807) is 0 Å². The van der Waals surface area contributed by atoms with Gasteiger partial charge in [-0.15, -0.1) is 0 Å². The van der Waals surface area contributed by atoms with Gasteiger partial charge < -0.3 is 9.84 Å². The third-order valence-corrected chi connectivity index (χ3v) is 2.61. The van der Waals surface area contributed by atoms with Gasteiger partial charge >= 0.3 is 11.9 Å². The van der Waals surface area contributed by atoms with Gasteiger partial charge in [-0.1, -0.05) is 19.8 Å². The third kappa shape index (κ3) is 9.02. The zero-order chi connectivity index (χ0) is 14.2. The highest BCUT2D eigenvalue weighted by atomic mass is 16.6. The smallest absolute Gasteiger partial charge is 0.306 e. The topological polar surface area (TPSA) is 63.6 Å². The molecule has 18 heavy (non-hydrogen) atoms. The number of hydrogen-bond donors (Lipinski definition) is 1. The van der Waals surface area contributed by atoms with E-state index in [-0.39, 0.29) is 11.9 Å². The molecule has 106 valence electrons. The summed E-state index contributed by atoms with van der Waals surface area (Å²) < 4.78 is 5.17. The van der Waals surface area contributed by atoms with Crippen molar-refractivity contribution in [2.45, 2.75) is 71.8 Å². The Morgan fingerprint density at radius 1 is 1.17 bits per heavy atom. The molecule has 4 nitrogen and oxygen atoms in total. The van der Waals surface area contributed by atoms with Crippen molar-refractivity contribution in [3.63, 3.8) is 0 Å². The SMILES string of the molecule is CCCCC(CCCC(=O)OC(C)(C)C)C(=O)O. The van der Waals surface area contributed by atoms with Crippen LogP contribution >= 0.6 is 0 Å². The van der Waals surface area contributed by atoms with Gasteiger partial charge in [-0.3, -0.25) is 9.59 Å². The van der Waals surface area contributed by atoms with Gasteiger partial charge in [0, 0.05) is 6.42 Å². The Hall–Kier alpha value is -1.06. The van der Waals surface area contributed by atoms with Gasteiger partial charge in [0.2, 0.25) is 0 Å². The number of unbranched alkanes of at least 4 members (excludes halogenated alkanes) is 1. The minimum absolute atomic E-state index is 0.248. The quantitative estimate of drug-likeness (QED) is 0.678. The van der Waals surface area contributed by atoms with Crippen molar-refractivity contribution in [2.75, 3.05) is 0 Å². The molecular formula is C14H26O4. The summed E-state index contributed by atoms with van der Waals surface area (Å²) in [6.07, 6.45) is 4.04. The van der Waals surface area contributed by atoms with Gasteiger partial charge in [-0.2, -0.15) is 0 Å². The number of esters is 1. The van der Waals surface area contributed by atoms with Gasteiger partial charge in [0.1, 0.15) is 5.60 Å². The molecule has 0 radical (unpaired) electrons. The molecule has 4 heteroatoms. The summed E-state index contributed by atoms with van der Waals surface area (Å²) in [5.41, 5.74) is -0.467. The maximum absolute atomic E-state index is 11.5. The lowest BCUT2D eigenvalue weighted by molar-refractivity contribution is -0.155. The summed E-state index contributed by atoms with van der Waals surface area (Å²) >= 11 is 0. The first kappa shape index (κ1) is 16.9. The van der Waals surface area contributed by atoms with Crippen LogP contribution in [0.15, 0.2) is 0 Å². The molecule has 0 heterocycles. The average molecular weight is 258 g/mol. The molecule has 0 aliphatic heterocycles. The molecule has 0 fully saturated rings. The van der Waals surface area contributed by atoms with Crippen LogP contribution in [0.4, 0.5) is 0 Å². The Bertz CT molecular complexity index is 265. The van der Waals surface area contributed by atoms with Crippen LogP contribution in [0.25, 0.3) is 0 Å². The summed E-state index contributed by atoms with van der Waals surface area (Å²) in [5.74, 6) is -1.33. The Kier molecular flexibility index (Phi) is 7.64. The molecule has 0 bridgehead atoms. The number of ether oxygens (including phenoxy) is 1. The molecule has 0 aliphatic rings. The number of carbonyl (C=O) groups is 2. The van der Waals surface area contributed by atoms with Crippen molar-refractivity contribution in [3.8, 4) is 0 Å². The average Bonchev–Trinajstić information content (AvgIpc) is 2.19. The van der Waals surface area contributed by atoms with Crippen molar-refractivity contribution in [3.05, 3.63) is 0 Å². The molecule has 0 rings (SSSR count). The lowest BCUT2D eigenvalue weighted by Crippen LogP contribution is -2.24. The van der Waals surface area contributed by atoms with E-state index in [0.717, 1.165) is 12.8 Å². The lowest BCUT2D eigenvalue weighted by atomic mass is 9.96. The van der Waals surface area contributed by atoms with Crippen LogP contribution in [0.5, 0.6) is 0 Å². The van der Waals surface area contributed by atoms with E-state index < -0.39 is 11.6 Å². The van der Waals surface area contributed by atoms with Crippen LogP contribution in [-0.2, 0) is 14.3 Å². The molecule has 1 atom stereocenters. The summed E-state index contributed by atoms with van der Waals surface area (Å²) in [6.45, 7) is 7.52. The van der Waals surface area contributed by atoms with Crippen LogP contribution in [0.1, 0.15) is 66.2 Å². The van der Waals surface area contributed by atoms with Gasteiger partial charge in [0.15, 0.2) is 0 Å². The first-order chi connectivity index (χ1) is 8.26. The predicted molar refractivity (Wildman–Crippen MR) is 70.3 cm³/mol. The van der Waals surface area contributed by atoms with Crippen molar-refractivity contribution >= 4 is 11.9 Å². The van der Waals surface area contributed by atoms with Gasteiger partial charge in [-0.05, 0) is 40.0 Å². The van der Waals surface area contributed by atoms with Gasteiger partial charge in [0.05, 0.1) is 5.92 Å². The summed E-state index contributed by atoms with van der Waals surface area (Å²) in [6, 6.07) is 0. The van der Waals surface area contributed by atoms with E-state index in [1.165, 1.54) is 0 Å². The molecule has 1 unspecified atom stereocenters. The highest BCUT2D eigenvalue weighted by Crippen LogP contribution is 2.17. The van der Waals surface area contributed by atoms with Crippen molar-refractivity contribution < 1.29 is 19.4 Å². The Morgan fingerprint density at radius 2 is 1.72 bits per heavy atom. The fourth-order valence-corrected chi connectivity index (χ4v) is 1.73. The second-order valence-corrected chi connectivity index (χ2v) is 5.66. The first-order valence-electron chi connectivity index (χ1n) is 6.71. The minimum atomic E-state index is -0.757. The van der Waals surface area contributed by atoms with Crippen molar-refractivity contribution in [1.29, 1.82) is 0 Å². The molecular weight excluding hydrogens is 232 g/mol. The van der Waals surface area contributed by atoms with E-state index in [2.05, 4.69) is 0 Å². The highest BCUT2D eigenvalue weighted by molar-refractivity contribution is 5.71. The summed E-state index contributed by atoms with van der Waals surface area (Å²) in [5, 5.41) is 9.04. The second kappa shape index (κ2) is 8.11. The fourth-order valence-electron chi connectivity index (χ4n) is 1.73. The fraction of sp³-hybridized carbons (Fsp3) is 0.857. The van der Waals surface area contributed by atoms with Crippen molar-refractivity contribution in [2.24, 2.45) is 5.92 Å². The standard InChI is InChI=1S/C14H26O4/c1-5-6-8-11(13(16)17)9-7-10-12(15)18-14(2,3)4/h11H,5-10H2,1-4H3,(H,16,17). The van der Waals surface area contributed by atoms with E-state index in [1.807, 2.05) is 27.7 Å². The normalized spacial score (nSPS) is 13.1. The number of aliphatic carboxylic acids is 1. The van der Waals surface area contributed by atoms with Gasteiger partial charge in [-0.25, -0.2) is 0 Å². The molecule has 0 aliphatic carbocycles. The molecule has 0 aromatic carbocycles. The number of carboxylic acid groups (broad SMARTS) is 1. The summed E-state index contributed by atoms with van der Waals surface area (Å²) in [7, 11) is 0. The molecule has 0 saturated carbocycles. The maximum atomic E-state index is 11.5. The third-order valence-electron chi connectivity index (χ3n) is 2.61. The molecule has 1 N–H and O–H groups in total. The van der Waals surface area contributed by atoms with E-state index in [4.69, 9.17) is 9.84 Å². The van der Waals surface area contributed by atoms with Gasteiger partial charge in [0.25, 0.3) is 0 Å². The molecule has 0 aromatic heterocycles. The zero-order valence-electron chi connectivity index (χ0n) is 12.0. The molecule has 0 amide bonds. The Balaban J connectivity index is 3.92. The first-order valence-corrected chi connectivity index (χ1v) is 6.71. The zero-order valence-corrected chi connectivity index (χ0v) is 12.0. The van der Waals surface area contributed by atoms with Crippen LogP contribution in [0.2, 0.25) is 0 Å². The minimum Gasteiger partial charge on any atom is -0.481 e. The van der Waals surface area contributed by atoms with E-state index in [9.17, 15) is 9.59 Å². The summed E-state index contributed by atoms with van der Waals surface area (Å²) in [4.78, 5) is 22.4. The number of hydrogen-bond acceptors (Lipinski definition) is 3.